The van der Waals surface area contributed by atoms with Gasteiger partial charge in [0.2, 0.25) is 10.0 Å². The van der Waals surface area contributed by atoms with Gasteiger partial charge in [-0.15, -0.1) is 0 Å². The van der Waals surface area contributed by atoms with Crippen LogP contribution in [0.5, 0.6) is 0 Å². The van der Waals surface area contributed by atoms with Gasteiger partial charge in [-0.25, -0.2) is 8.42 Å². The highest BCUT2D eigenvalue weighted by atomic mass is 32.2. The molecule has 0 unspecified atom stereocenters. The molecule has 15 heavy (non-hydrogen) atoms. The molecule has 0 aromatic carbocycles. The summed E-state index contributed by atoms with van der Waals surface area (Å²) in [5, 5.41) is 8.67. The van der Waals surface area contributed by atoms with E-state index in [1.807, 2.05) is 13.0 Å². The summed E-state index contributed by atoms with van der Waals surface area (Å²) in [6, 6.07) is 2.03. The smallest absolute Gasteiger partial charge is 0.212 e. The first-order valence-electron chi connectivity index (χ1n) is 5.48. The van der Waals surface area contributed by atoms with Gasteiger partial charge in [0.15, 0.2) is 0 Å². The van der Waals surface area contributed by atoms with Crippen LogP contribution in [0.2, 0.25) is 0 Å². The monoisotopic (exact) mass is 230 g/mol. The molecular weight excluding hydrogens is 212 g/mol. The van der Waals surface area contributed by atoms with Crippen LogP contribution in [-0.2, 0) is 10.0 Å². The Kier molecular flexibility index (Phi) is 4.55. The molecule has 0 amide bonds. The molecule has 0 atom stereocenters. The molecule has 0 saturated heterocycles. The fourth-order valence-corrected chi connectivity index (χ4v) is 3.76. The van der Waals surface area contributed by atoms with Gasteiger partial charge in [0.1, 0.15) is 6.54 Å². The third kappa shape index (κ3) is 3.18. The van der Waals surface area contributed by atoms with Crippen LogP contribution in [0.4, 0.5) is 0 Å². The lowest BCUT2D eigenvalue weighted by atomic mass is 10.2. The molecule has 1 rings (SSSR count). The number of sulfonamides is 1. The van der Waals surface area contributed by atoms with Gasteiger partial charge < -0.3 is 0 Å². The van der Waals surface area contributed by atoms with Crippen molar-refractivity contribution in [3.63, 3.8) is 0 Å². The van der Waals surface area contributed by atoms with E-state index in [2.05, 4.69) is 0 Å². The van der Waals surface area contributed by atoms with Crippen molar-refractivity contribution < 1.29 is 8.42 Å². The van der Waals surface area contributed by atoms with E-state index < -0.39 is 10.0 Å². The van der Waals surface area contributed by atoms with E-state index in [4.69, 9.17) is 5.26 Å². The Bertz CT molecular complexity index is 326. The minimum Gasteiger partial charge on any atom is -0.212 e. The van der Waals surface area contributed by atoms with Crippen LogP contribution < -0.4 is 0 Å². The Balaban J connectivity index is 2.77. The summed E-state index contributed by atoms with van der Waals surface area (Å²) in [5.74, 6) is 0.158. The first kappa shape index (κ1) is 12.5. The topological polar surface area (TPSA) is 61.2 Å². The lowest BCUT2D eigenvalue weighted by molar-refractivity contribution is 0.350. The van der Waals surface area contributed by atoms with Crippen LogP contribution in [0.25, 0.3) is 0 Å². The molecule has 0 spiro atoms. The van der Waals surface area contributed by atoms with Crippen LogP contribution in [0, 0.1) is 11.3 Å². The SMILES string of the molecule is CCCS(=O)(=O)N(CC#N)C1CCCC1. The summed E-state index contributed by atoms with van der Waals surface area (Å²) in [6.07, 6.45) is 4.58. The molecule has 0 aliphatic heterocycles. The number of hydrogen-bond acceptors (Lipinski definition) is 3. The molecule has 86 valence electrons. The second-order valence-corrected chi connectivity index (χ2v) is 6.00. The third-order valence-electron chi connectivity index (χ3n) is 2.78. The van der Waals surface area contributed by atoms with Crippen LogP contribution in [0.1, 0.15) is 39.0 Å². The normalized spacial score (nSPS) is 18.2. The molecule has 0 N–H and O–H groups in total. The summed E-state index contributed by atoms with van der Waals surface area (Å²) in [7, 11) is -3.21. The molecule has 0 aromatic rings. The fraction of sp³-hybridized carbons (Fsp3) is 0.900. The van der Waals surface area contributed by atoms with Gasteiger partial charge in [-0.1, -0.05) is 19.8 Å². The highest BCUT2D eigenvalue weighted by Gasteiger charge is 2.30. The van der Waals surface area contributed by atoms with Gasteiger partial charge in [-0.2, -0.15) is 9.57 Å². The molecule has 0 heterocycles. The van der Waals surface area contributed by atoms with E-state index in [1.165, 1.54) is 4.31 Å². The highest BCUT2D eigenvalue weighted by Crippen LogP contribution is 2.25. The maximum absolute atomic E-state index is 11.9. The van der Waals surface area contributed by atoms with Crippen molar-refractivity contribution in [3.05, 3.63) is 0 Å². The van der Waals surface area contributed by atoms with Crippen molar-refractivity contribution in [1.82, 2.24) is 4.31 Å². The van der Waals surface area contributed by atoms with Gasteiger partial charge in [-0.05, 0) is 19.3 Å². The summed E-state index contributed by atoms with van der Waals surface area (Å²) in [4.78, 5) is 0. The van der Waals surface area contributed by atoms with Gasteiger partial charge in [0.25, 0.3) is 0 Å². The Morgan fingerprint density at radius 2 is 2.00 bits per heavy atom. The summed E-state index contributed by atoms with van der Waals surface area (Å²) in [6.45, 7) is 1.85. The van der Waals surface area contributed by atoms with Crippen molar-refractivity contribution in [2.24, 2.45) is 0 Å². The van der Waals surface area contributed by atoms with Crippen molar-refractivity contribution in [2.45, 2.75) is 45.1 Å². The fourth-order valence-electron chi connectivity index (χ4n) is 2.09. The second-order valence-electron chi connectivity index (χ2n) is 3.96. The first-order chi connectivity index (χ1) is 7.11. The van der Waals surface area contributed by atoms with Crippen molar-refractivity contribution in [2.75, 3.05) is 12.3 Å². The van der Waals surface area contributed by atoms with Crippen LogP contribution in [0.3, 0.4) is 0 Å². The van der Waals surface area contributed by atoms with Crippen LogP contribution in [-0.4, -0.2) is 31.1 Å². The summed E-state index contributed by atoms with van der Waals surface area (Å²) >= 11 is 0. The standard InChI is InChI=1S/C10H18N2O2S/c1-2-9-15(13,14)12(8-7-11)10-5-3-4-6-10/h10H,2-6,8-9H2,1H3. The Morgan fingerprint density at radius 1 is 1.40 bits per heavy atom. The van der Waals surface area contributed by atoms with Gasteiger partial charge in [0.05, 0.1) is 11.8 Å². The molecule has 0 bridgehead atoms. The Hall–Kier alpha value is -0.600. The largest absolute Gasteiger partial charge is 0.215 e. The van der Waals surface area contributed by atoms with Gasteiger partial charge in [-0.3, -0.25) is 0 Å². The zero-order valence-electron chi connectivity index (χ0n) is 9.15. The average molecular weight is 230 g/mol. The van der Waals surface area contributed by atoms with E-state index in [0.29, 0.717) is 6.42 Å². The number of nitrogens with zero attached hydrogens (tertiary/aromatic N) is 2. The molecule has 1 saturated carbocycles. The summed E-state index contributed by atoms with van der Waals surface area (Å²) in [5.41, 5.74) is 0. The van der Waals surface area contributed by atoms with Crippen LogP contribution >= 0.6 is 0 Å². The third-order valence-corrected chi connectivity index (χ3v) is 4.84. The first-order valence-corrected chi connectivity index (χ1v) is 7.09. The molecule has 4 nitrogen and oxygen atoms in total. The Morgan fingerprint density at radius 3 is 2.47 bits per heavy atom. The predicted molar refractivity (Wildman–Crippen MR) is 58.7 cm³/mol. The molecule has 1 aliphatic rings. The molecule has 5 heteroatoms. The molecule has 0 radical (unpaired) electrons. The Labute approximate surface area is 91.9 Å². The van der Waals surface area contributed by atoms with E-state index in [1.54, 1.807) is 0 Å². The predicted octanol–water partition coefficient (Wildman–Crippen LogP) is 1.49. The lowest BCUT2D eigenvalue weighted by Crippen LogP contribution is -2.40. The van der Waals surface area contributed by atoms with E-state index in [9.17, 15) is 8.42 Å². The van der Waals surface area contributed by atoms with Crippen molar-refractivity contribution in [3.8, 4) is 6.07 Å². The van der Waals surface area contributed by atoms with Gasteiger partial charge >= 0.3 is 0 Å². The zero-order chi connectivity index (χ0) is 11.3. The second kappa shape index (κ2) is 5.47. The number of hydrogen-bond donors (Lipinski definition) is 0. The quantitative estimate of drug-likeness (QED) is 0.672. The highest BCUT2D eigenvalue weighted by molar-refractivity contribution is 7.89. The molecule has 0 aromatic heterocycles. The molecule has 1 aliphatic carbocycles. The van der Waals surface area contributed by atoms with Crippen molar-refractivity contribution >= 4 is 10.0 Å². The minimum atomic E-state index is -3.21. The maximum atomic E-state index is 11.9. The zero-order valence-corrected chi connectivity index (χ0v) is 9.96. The summed E-state index contributed by atoms with van der Waals surface area (Å²) < 4.78 is 25.2. The molecule has 1 fully saturated rings. The minimum absolute atomic E-state index is 0.00694. The number of nitriles is 1. The average Bonchev–Trinajstić information content (AvgIpc) is 2.66. The number of rotatable bonds is 5. The van der Waals surface area contributed by atoms with E-state index >= 15 is 0 Å². The molecular formula is C10H18N2O2S. The van der Waals surface area contributed by atoms with E-state index in [-0.39, 0.29) is 18.3 Å². The lowest BCUT2D eigenvalue weighted by Gasteiger charge is -2.25. The van der Waals surface area contributed by atoms with Crippen molar-refractivity contribution in [1.29, 1.82) is 5.26 Å². The van der Waals surface area contributed by atoms with Crippen LogP contribution in [0.15, 0.2) is 0 Å². The maximum Gasteiger partial charge on any atom is 0.215 e. The van der Waals surface area contributed by atoms with Gasteiger partial charge in [0, 0.05) is 6.04 Å². The van der Waals surface area contributed by atoms with E-state index in [0.717, 1.165) is 25.7 Å².